The molecule has 0 amide bonds. The maximum atomic E-state index is 12.1. The van der Waals surface area contributed by atoms with Crippen molar-refractivity contribution in [3.63, 3.8) is 0 Å². The van der Waals surface area contributed by atoms with E-state index >= 15 is 0 Å². The number of benzene rings is 2. The second-order valence-corrected chi connectivity index (χ2v) is 10.6. The number of aryl methyl sites for hydroxylation is 4. The number of rotatable bonds is 7. The van der Waals surface area contributed by atoms with Gasteiger partial charge in [0.1, 0.15) is 11.6 Å². The lowest BCUT2D eigenvalue weighted by Gasteiger charge is -2.35. The number of hydrogen-bond donors (Lipinski definition) is 0. The van der Waals surface area contributed by atoms with Crippen molar-refractivity contribution in [1.82, 2.24) is 14.9 Å². The van der Waals surface area contributed by atoms with Crippen molar-refractivity contribution in [1.29, 1.82) is 0 Å². The van der Waals surface area contributed by atoms with Crippen molar-refractivity contribution in [2.75, 3.05) is 25.0 Å². The Morgan fingerprint density at radius 3 is 2.35 bits per heavy atom. The standard InChI is InChI=1S/C32H40N4O/c1-5-23-12-9-13-24(6-2)30(23)31-33-22(3)28(32(34-31)36-19-17-26(37)18-20-36)21-35(4)29-16-10-14-25-11-7-8-15-27(25)29/h7-9,11-13,15,29H,5-6,10,14,16-21H2,1-4H3/t29-/m0/s1. The van der Waals surface area contributed by atoms with Crippen molar-refractivity contribution in [2.24, 2.45) is 0 Å². The number of ketones is 1. The first-order valence-electron chi connectivity index (χ1n) is 14.0. The van der Waals surface area contributed by atoms with Gasteiger partial charge in [-0.15, -0.1) is 0 Å². The van der Waals surface area contributed by atoms with Crippen LogP contribution >= 0.6 is 0 Å². The second kappa shape index (κ2) is 11.1. The molecule has 1 saturated heterocycles. The third-order valence-electron chi connectivity index (χ3n) is 8.31. The van der Waals surface area contributed by atoms with E-state index in [1.54, 1.807) is 0 Å². The topological polar surface area (TPSA) is 49.3 Å². The molecule has 5 heteroatoms. The Bertz CT molecular complexity index is 1250. The molecule has 2 aromatic carbocycles. The molecule has 0 N–H and O–H groups in total. The minimum absolute atomic E-state index is 0.351. The summed E-state index contributed by atoms with van der Waals surface area (Å²) in [5.74, 6) is 2.19. The quantitative estimate of drug-likeness (QED) is 0.387. The molecule has 1 aliphatic heterocycles. The van der Waals surface area contributed by atoms with E-state index in [0.29, 0.717) is 24.7 Å². The van der Waals surface area contributed by atoms with Gasteiger partial charge in [0, 0.05) is 55.3 Å². The summed E-state index contributed by atoms with van der Waals surface area (Å²) in [6, 6.07) is 15.9. The molecule has 2 heterocycles. The van der Waals surface area contributed by atoms with Gasteiger partial charge in [-0.1, -0.05) is 56.3 Å². The maximum absolute atomic E-state index is 12.1. The number of piperidine rings is 1. The van der Waals surface area contributed by atoms with Crippen LogP contribution in [-0.4, -0.2) is 40.8 Å². The van der Waals surface area contributed by atoms with Gasteiger partial charge in [-0.25, -0.2) is 9.97 Å². The fourth-order valence-electron chi connectivity index (χ4n) is 6.18. The molecule has 194 valence electrons. The van der Waals surface area contributed by atoms with Crippen LogP contribution in [0.25, 0.3) is 11.4 Å². The molecule has 3 aromatic rings. The summed E-state index contributed by atoms with van der Waals surface area (Å²) >= 11 is 0. The molecule has 1 atom stereocenters. The zero-order valence-corrected chi connectivity index (χ0v) is 22.9. The largest absolute Gasteiger partial charge is 0.355 e. The summed E-state index contributed by atoms with van der Waals surface area (Å²) in [5.41, 5.74) is 8.94. The number of carbonyl (C=O) groups is 1. The fourth-order valence-corrected chi connectivity index (χ4v) is 6.18. The molecule has 1 aromatic heterocycles. The Hall–Kier alpha value is -3.05. The number of carbonyl (C=O) groups excluding carboxylic acids is 1. The summed E-state index contributed by atoms with van der Waals surface area (Å²) in [6.45, 7) is 8.80. The second-order valence-electron chi connectivity index (χ2n) is 10.6. The lowest BCUT2D eigenvalue weighted by molar-refractivity contribution is -0.119. The zero-order chi connectivity index (χ0) is 25.9. The SMILES string of the molecule is CCc1cccc(CC)c1-c1nc(C)c(CN(C)[C@H]2CCCc3ccccc32)c(N2CCC(=O)CC2)n1. The lowest BCUT2D eigenvalue weighted by atomic mass is 9.87. The number of nitrogens with zero attached hydrogens (tertiary/aromatic N) is 4. The summed E-state index contributed by atoms with van der Waals surface area (Å²) in [6.07, 6.45) is 6.64. The van der Waals surface area contributed by atoms with Crippen LogP contribution in [0.15, 0.2) is 42.5 Å². The molecule has 1 aliphatic carbocycles. The van der Waals surface area contributed by atoms with Crippen LogP contribution in [0.2, 0.25) is 0 Å². The number of aromatic nitrogens is 2. The van der Waals surface area contributed by atoms with E-state index in [9.17, 15) is 4.79 Å². The highest BCUT2D eigenvalue weighted by Crippen LogP contribution is 2.37. The molecule has 0 unspecified atom stereocenters. The number of anilines is 1. The van der Waals surface area contributed by atoms with Gasteiger partial charge in [0.15, 0.2) is 5.82 Å². The van der Waals surface area contributed by atoms with Crippen LogP contribution in [0, 0.1) is 6.92 Å². The van der Waals surface area contributed by atoms with Crippen molar-refractivity contribution >= 4 is 11.6 Å². The van der Waals surface area contributed by atoms with Gasteiger partial charge in [-0.2, -0.15) is 0 Å². The average molecular weight is 497 g/mol. The summed E-state index contributed by atoms with van der Waals surface area (Å²) < 4.78 is 0. The fraction of sp³-hybridized carbons (Fsp3) is 0.469. The van der Waals surface area contributed by atoms with Crippen LogP contribution in [0.1, 0.15) is 79.1 Å². The predicted octanol–water partition coefficient (Wildman–Crippen LogP) is 6.26. The summed E-state index contributed by atoms with van der Waals surface area (Å²) in [4.78, 5) is 27.3. The van der Waals surface area contributed by atoms with Crippen LogP contribution in [-0.2, 0) is 30.6 Å². The average Bonchev–Trinajstić information content (AvgIpc) is 2.93. The molecule has 0 radical (unpaired) electrons. The van der Waals surface area contributed by atoms with E-state index in [4.69, 9.17) is 9.97 Å². The molecule has 37 heavy (non-hydrogen) atoms. The first kappa shape index (κ1) is 25.6. The van der Waals surface area contributed by atoms with Gasteiger partial charge in [0.25, 0.3) is 0 Å². The minimum atomic E-state index is 0.351. The Morgan fingerprint density at radius 2 is 1.65 bits per heavy atom. The minimum Gasteiger partial charge on any atom is -0.355 e. The Morgan fingerprint density at radius 1 is 0.946 bits per heavy atom. The molecular weight excluding hydrogens is 456 g/mol. The predicted molar refractivity (Wildman–Crippen MR) is 151 cm³/mol. The van der Waals surface area contributed by atoms with Crippen molar-refractivity contribution in [3.05, 3.63) is 76.0 Å². The Balaban J connectivity index is 1.57. The molecule has 5 nitrogen and oxygen atoms in total. The lowest BCUT2D eigenvalue weighted by Crippen LogP contribution is -2.36. The van der Waals surface area contributed by atoms with E-state index in [1.807, 2.05) is 0 Å². The first-order valence-corrected chi connectivity index (χ1v) is 14.0. The van der Waals surface area contributed by atoms with Gasteiger partial charge >= 0.3 is 0 Å². The molecule has 0 bridgehead atoms. The van der Waals surface area contributed by atoms with Gasteiger partial charge < -0.3 is 4.90 Å². The van der Waals surface area contributed by atoms with E-state index in [1.165, 1.54) is 52.6 Å². The smallest absolute Gasteiger partial charge is 0.162 e. The molecule has 0 saturated carbocycles. The van der Waals surface area contributed by atoms with Gasteiger partial charge in [-0.3, -0.25) is 9.69 Å². The van der Waals surface area contributed by atoms with Gasteiger partial charge in [0.05, 0.1) is 0 Å². The van der Waals surface area contributed by atoms with Crippen molar-refractivity contribution in [2.45, 2.75) is 78.3 Å². The third-order valence-corrected chi connectivity index (χ3v) is 8.31. The Kier molecular flexibility index (Phi) is 7.71. The molecule has 2 aliphatic rings. The highest BCUT2D eigenvalue weighted by Gasteiger charge is 2.28. The number of fused-ring (bicyclic) bond motifs is 1. The monoisotopic (exact) mass is 496 g/mol. The van der Waals surface area contributed by atoms with E-state index in [-0.39, 0.29) is 0 Å². The zero-order valence-electron chi connectivity index (χ0n) is 22.9. The summed E-state index contributed by atoms with van der Waals surface area (Å²) in [5, 5.41) is 0. The third kappa shape index (κ3) is 5.19. The van der Waals surface area contributed by atoms with Crippen LogP contribution < -0.4 is 4.90 Å². The molecular formula is C32H40N4O. The molecule has 1 fully saturated rings. The van der Waals surface area contributed by atoms with Crippen LogP contribution in [0.3, 0.4) is 0 Å². The Labute approximate surface area is 221 Å². The number of hydrogen-bond acceptors (Lipinski definition) is 5. The normalized spacial score (nSPS) is 17.8. The highest BCUT2D eigenvalue weighted by atomic mass is 16.1. The summed E-state index contributed by atoms with van der Waals surface area (Å²) in [7, 11) is 2.24. The molecule has 5 rings (SSSR count). The van der Waals surface area contributed by atoms with E-state index in [0.717, 1.165) is 49.8 Å². The first-order chi connectivity index (χ1) is 18.0. The van der Waals surface area contributed by atoms with Gasteiger partial charge in [0.2, 0.25) is 0 Å². The van der Waals surface area contributed by atoms with Crippen LogP contribution in [0.4, 0.5) is 5.82 Å². The van der Waals surface area contributed by atoms with Gasteiger partial charge in [-0.05, 0) is 68.3 Å². The van der Waals surface area contributed by atoms with E-state index < -0.39 is 0 Å². The van der Waals surface area contributed by atoms with Crippen LogP contribution in [0.5, 0.6) is 0 Å². The molecule has 0 spiro atoms. The van der Waals surface area contributed by atoms with E-state index in [2.05, 4.69) is 80.1 Å². The van der Waals surface area contributed by atoms with Crippen molar-refractivity contribution < 1.29 is 4.79 Å². The highest BCUT2D eigenvalue weighted by molar-refractivity contribution is 5.81. The maximum Gasteiger partial charge on any atom is 0.162 e. The van der Waals surface area contributed by atoms with Crippen molar-refractivity contribution in [3.8, 4) is 11.4 Å². The number of Topliss-reactive ketones (excluding diaryl/α,β-unsaturated/α-hetero) is 1.